The second-order valence-electron chi connectivity index (χ2n) is 6.29. The van der Waals surface area contributed by atoms with Crippen LogP contribution in [0.3, 0.4) is 0 Å². The first-order valence-electron chi connectivity index (χ1n) is 8.43. The summed E-state index contributed by atoms with van der Waals surface area (Å²) in [6.45, 7) is 0.408. The Labute approximate surface area is 141 Å². The van der Waals surface area contributed by atoms with Crippen LogP contribution >= 0.6 is 0 Å². The number of hydroxylamine groups is 1. The highest BCUT2D eigenvalue weighted by Crippen LogP contribution is 2.26. The Kier molecular flexibility index (Phi) is 7.14. The van der Waals surface area contributed by atoms with Gasteiger partial charge in [0.05, 0.1) is 5.69 Å². The average molecular weight is 335 g/mol. The highest BCUT2D eigenvalue weighted by Gasteiger charge is 2.28. The second-order valence-corrected chi connectivity index (χ2v) is 6.29. The summed E-state index contributed by atoms with van der Waals surface area (Å²) in [5, 5.41) is 21.0. The van der Waals surface area contributed by atoms with Gasteiger partial charge in [-0.15, -0.1) is 0 Å². The summed E-state index contributed by atoms with van der Waals surface area (Å²) in [6, 6.07) is 3.17. The molecule has 1 fully saturated rings. The van der Waals surface area contributed by atoms with E-state index in [4.69, 9.17) is 5.21 Å². The van der Waals surface area contributed by atoms with Crippen LogP contribution in [0.4, 0.5) is 0 Å². The molecule has 0 saturated heterocycles. The lowest BCUT2D eigenvalue weighted by atomic mass is 9.84. The van der Waals surface area contributed by atoms with E-state index in [9.17, 15) is 14.7 Å². The molecule has 1 aromatic heterocycles. The van der Waals surface area contributed by atoms with Crippen LogP contribution in [0.15, 0.2) is 18.3 Å². The van der Waals surface area contributed by atoms with Gasteiger partial charge in [0.2, 0.25) is 5.91 Å². The molecule has 1 atom stereocenters. The smallest absolute Gasteiger partial charge is 0.320 e. The fourth-order valence-electron chi connectivity index (χ4n) is 3.16. The summed E-state index contributed by atoms with van der Waals surface area (Å²) in [6.07, 6.45) is 7.69. The van der Waals surface area contributed by atoms with Crippen LogP contribution in [0.2, 0.25) is 0 Å². The van der Waals surface area contributed by atoms with Crippen LogP contribution in [-0.4, -0.2) is 33.2 Å². The SMILES string of the molecule is O=C(CCc1ccc(CN[C@H](C(=O)O)C2CCCCC2)nc1)NO. The number of aliphatic carboxylic acids is 1. The number of nitrogens with one attached hydrogen (secondary N) is 2. The van der Waals surface area contributed by atoms with E-state index in [0.717, 1.165) is 36.9 Å². The zero-order valence-corrected chi connectivity index (χ0v) is 13.7. The number of pyridine rings is 1. The Morgan fingerprint density at radius 3 is 2.58 bits per heavy atom. The molecule has 2 rings (SSSR count). The Morgan fingerprint density at radius 1 is 1.25 bits per heavy atom. The number of carboxylic acids is 1. The Bertz CT molecular complexity index is 541. The van der Waals surface area contributed by atoms with E-state index in [2.05, 4.69) is 10.3 Å². The number of hydrogen-bond donors (Lipinski definition) is 4. The zero-order chi connectivity index (χ0) is 17.4. The molecule has 7 nitrogen and oxygen atoms in total. The van der Waals surface area contributed by atoms with E-state index in [1.54, 1.807) is 11.7 Å². The maximum Gasteiger partial charge on any atom is 0.320 e. The Hall–Kier alpha value is -1.99. The number of hydrogen-bond acceptors (Lipinski definition) is 5. The molecule has 4 N–H and O–H groups in total. The molecule has 1 saturated carbocycles. The first-order chi connectivity index (χ1) is 11.6. The van der Waals surface area contributed by atoms with Gasteiger partial charge in [-0.2, -0.15) is 0 Å². The molecular formula is C17H25N3O4. The molecule has 1 aromatic rings. The maximum absolute atomic E-state index is 11.5. The van der Waals surface area contributed by atoms with Gasteiger partial charge < -0.3 is 5.11 Å². The largest absolute Gasteiger partial charge is 0.480 e. The van der Waals surface area contributed by atoms with E-state index in [1.165, 1.54) is 6.42 Å². The van der Waals surface area contributed by atoms with Gasteiger partial charge in [-0.05, 0) is 36.8 Å². The van der Waals surface area contributed by atoms with E-state index in [0.29, 0.717) is 13.0 Å². The molecule has 0 radical (unpaired) electrons. The molecule has 0 unspecified atom stereocenters. The van der Waals surface area contributed by atoms with Crippen molar-refractivity contribution in [3.05, 3.63) is 29.6 Å². The van der Waals surface area contributed by atoms with Gasteiger partial charge in [-0.3, -0.25) is 25.1 Å². The molecule has 1 heterocycles. The molecule has 0 bridgehead atoms. The summed E-state index contributed by atoms with van der Waals surface area (Å²) < 4.78 is 0. The lowest BCUT2D eigenvalue weighted by Crippen LogP contribution is -2.43. The van der Waals surface area contributed by atoms with Crippen LogP contribution in [0.5, 0.6) is 0 Å². The number of amides is 1. The first-order valence-corrected chi connectivity index (χ1v) is 8.43. The van der Waals surface area contributed by atoms with Crippen molar-refractivity contribution in [1.82, 2.24) is 15.8 Å². The third-order valence-electron chi connectivity index (χ3n) is 4.54. The van der Waals surface area contributed by atoms with E-state index < -0.39 is 17.9 Å². The number of carbonyl (C=O) groups is 2. The summed E-state index contributed by atoms with van der Waals surface area (Å²) in [5.74, 6) is -1.04. The lowest BCUT2D eigenvalue weighted by Gasteiger charge is -2.28. The number of carbonyl (C=O) groups excluding carboxylic acids is 1. The molecule has 0 aliphatic heterocycles. The Morgan fingerprint density at radius 2 is 2.00 bits per heavy atom. The van der Waals surface area contributed by atoms with Crippen molar-refractivity contribution >= 4 is 11.9 Å². The van der Waals surface area contributed by atoms with E-state index >= 15 is 0 Å². The third kappa shape index (κ3) is 5.58. The van der Waals surface area contributed by atoms with Crippen molar-refractivity contribution < 1.29 is 19.9 Å². The normalized spacial score (nSPS) is 16.5. The monoisotopic (exact) mass is 335 g/mol. The summed E-state index contributed by atoms with van der Waals surface area (Å²) in [5.41, 5.74) is 3.26. The van der Waals surface area contributed by atoms with E-state index in [1.807, 2.05) is 12.1 Å². The molecule has 1 aliphatic carbocycles. The van der Waals surface area contributed by atoms with Crippen LogP contribution in [0, 0.1) is 5.92 Å². The lowest BCUT2D eigenvalue weighted by molar-refractivity contribution is -0.141. The van der Waals surface area contributed by atoms with Gasteiger partial charge in [-0.25, -0.2) is 5.48 Å². The standard InChI is InChI=1S/C17H25N3O4/c21-15(20-24)9-7-12-6-8-14(18-10-12)11-19-16(17(22)23)13-4-2-1-3-5-13/h6,8,10,13,16,19,24H,1-5,7,9,11H2,(H,20,21)(H,22,23)/t16-/m0/s1. The number of carboxylic acid groups (broad SMARTS) is 1. The van der Waals surface area contributed by atoms with E-state index in [-0.39, 0.29) is 12.3 Å². The summed E-state index contributed by atoms with van der Waals surface area (Å²) in [7, 11) is 0. The zero-order valence-electron chi connectivity index (χ0n) is 13.7. The topological polar surface area (TPSA) is 112 Å². The first kappa shape index (κ1) is 18.4. The van der Waals surface area contributed by atoms with Crippen molar-refractivity contribution in [2.24, 2.45) is 5.92 Å². The Balaban J connectivity index is 1.85. The van der Waals surface area contributed by atoms with Crippen molar-refractivity contribution in [3.63, 3.8) is 0 Å². The van der Waals surface area contributed by atoms with Gasteiger partial charge >= 0.3 is 5.97 Å². The van der Waals surface area contributed by atoms with Gasteiger partial charge in [0, 0.05) is 19.2 Å². The van der Waals surface area contributed by atoms with Crippen LogP contribution in [0.1, 0.15) is 49.8 Å². The molecule has 1 aliphatic rings. The number of aromatic nitrogens is 1. The average Bonchev–Trinajstić information content (AvgIpc) is 2.61. The molecule has 24 heavy (non-hydrogen) atoms. The van der Waals surface area contributed by atoms with Crippen LogP contribution in [0.25, 0.3) is 0 Å². The molecule has 1 amide bonds. The minimum atomic E-state index is -0.798. The minimum Gasteiger partial charge on any atom is -0.480 e. The molecule has 0 aromatic carbocycles. The highest BCUT2D eigenvalue weighted by atomic mass is 16.5. The fourth-order valence-corrected chi connectivity index (χ4v) is 3.16. The number of nitrogens with zero attached hydrogens (tertiary/aromatic N) is 1. The highest BCUT2D eigenvalue weighted by molar-refractivity contribution is 5.74. The molecule has 7 heteroatoms. The summed E-state index contributed by atoms with van der Waals surface area (Å²) >= 11 is 0. The van der Waals surface area contributed by atoms with Crippen LogP contribution in [-0.2, 0) is 22.6 Å². The van der Waals surface area contributed by atoms with Gasteiger partial charge in [0.15, 0.2) is 0 Å². The molecule has 0 spiro atoms. The minimum absolute atomic E-state index is 0.188. The molecule has 132 valence electrons. The van der Waals surface area contributed by atoms with Gasteiger partial charge in [0.1, 0.15) is 6.04 Å². The van der Waals surface area contributed by atoms with Crippen molar-refractivity contribution in [3.8, 4) is 0 Å². The second kappa shape index (κ2) is 9.34. The predicted molar refractivity (Wildman–Crippen MR) is 87.3 cm³/mol. The third-order valence-corrected chi connectivity index (χ3v) is 4.54. The molecular weight excluding hydrogens is 310 g/mol. The van der Waals surface area contributed by atoms with Crippen molar-refractivity contribution in [2.75, 3.05) is 0 Å². The van der Waals surface area contributed by atoms with Gasteiger partial charge in [0.25, 0.3) is 0 Å². The van der Waals surface area contributed by atoms with Gasteiger partial charge in [-0.1, -0.05) is 25.3 Å². The van der Waals surface area contributed by atoms with Crippen LogP contribution < -0.4 is 10.8 Å². The van der Waals surface area contributed by atoms with Crippen molar-refractivity contribution in [2.45, 2.75) is 57.5 Å². The van der Waals surface area contributed by atoms with Crippen molar-refractivity contribution in [1.29, 1.82) is 0 Å². The quantitative estimate of drug-likeness (QED) is 0.424. The number of aryl methyl sites for hydroxylation is 1. The number of rotatable bonds is 8. The predicted octanol–water partition coefficient (Wildman–Crippen LogP) is 1.64. The fraction of sp³-hybridized carbons (Fsp3) is 0.588. The summed E-state index contributed by atoms with van der Waals surface area (Å²) in [4.78, 5) is 26.8. The maximum atomic E-state index is 11.5.